The number of carbonyl (C=O) groups excluding carboxylic acids is 1. The monoisotopic (exact) mass is 274 g/mol. The molecule has 2 aliphatic heterocycles. The van der Waals surface area contributed by atoms with Crippen molar-refractivity contribution in [2.24, 2.45) is 0 Å². The molecular weight excluding hydrogens is 252 g/mol. The van der Waals surface area contributed by atoms with E-state index in [1.165, 1.54) is 12.8 Å². The molecule has 0 aliphatic carbocycles. The maximum atomic E-state index is 12.5. The van der Waals surface area contributed by atoms with E-state index < -0.39 is 0 Å². The quantitative estimate of drug-likeness (QED) is 0.881. The molecule has 108 valence electrons. The summed E-state index contributed by atoms with van der Waals surface area (Å²) in [5.74, 6) is 0.414. The molecule has 2 heterocycles. The van der Waals surface area contributed by atoms with E-state index in [4.69, 9.17) is 0 Å². The van der Waals surface area contributed by atoms with Gasteiger partial charge < -0.3 is 15.3 Å². The van der Waals surface area contributed by atoms with Gasteiger partial charge in [-0.1, -0.05) is 12.1 Å². The number of aromatic hydroxyl groups is 1. The zero-order valence-electron chi connectivity index (χ0n) is 11.7. The number of carbonyl (C=O) groups is 1. The predicted molar refractivity (Wildman–Crippen MR) is 77.6 cm³/mol. The molecule has 3 rings (SSSR count). The topological polar surface area (TPSA) is 52.6 Å². The third-order valence-corrected chi connectivity index (χ3v) is 4.45. The van der Waals surface area contributed by atoms with Crippen molar-refractivity contribution >= 4 is 5.91 Å². The van der Waals surface area contributed by atoms with Crippen molar-refractivity contribution in [3.8, 4) is 5.75 Å². The summed E-state index contributed by atoms with van der Waals surface area (Å²) in [7, 11) is 0. The van der Waals surface area contributed by atoms with Crippen LogP contribution < -0.4 is 5.32 Å². The summed E-state index contributed by atoms with van der Waals surface area (Å²) in [4.78, 5) is 14.6. The Bertz CT molecular complexity index is 483. The summed E-state index contributed by atoms with van der Waals surface area (Å²) >= 11 is 0. The molecule has 0 saturated carbocycles. The van der Waals surface area contributed by atoms with Crippen LogP contribution in [0.15, 0.2) is 24.3 Å². The number of hydrogen-bond acceptors (Lipinski definition) is 3. The van der Waals surface area contributed by atoms with Crippen molar-refractivity contribution in [3.05, 3.63) is 29.8 Å². The second kappa shape index (κ2) is 5.83. The molecule has 2 fully saturated rings. The minimum Gasteiger partial charge on any atom is -0.508 e. The van der Waals surface area contributed by atoms with Crippen molar-refractivity contribution in [1.82, 2.24) is 10.2 Å². The van der Waals surface area contributed by atoms with Gasteiger partial charge in [-0.25, -0.2) is 0 Å². The van der Waals surface area contributed by atoms with Crippen molar-refractivity contribution < 1.29 is 9.90 Å². The van der Waals surface area contributed by atoms with E-state index >= 15 is 0 Å². The highest BCUT2D eigenvalue weighted by atomic mass is 16.3. The average molecular weight is 274 g/mol. The zero-order valence-corrected chi connectivity index (χ0v) is 11.7. The third kappa shape index (κ3) is 2.80. The van der Waals surface area contributed by atoms with Gasteiger partial charge in [-0.15, -0.1) is 0 Å². The van der Waals surface area contributed by atoms with Crippen LogP contribution in [0.2, 0.25) is 0 Å². The number of benzene rings is 1. The fourth-order valence-electron chi connectivity index (χ4n) is 3.50. The highest BCUT2D eigenvalue weighted by Crippen LogP contribution is 2.25. The molecule has 0 aromatic heterocycles. The first-order valence-electron chi connectivity index (χ1n) is 7.55. The van der Waals surface area contributed by atoms with Gasteiger partial charge in [0.2, 0.25) is 5.91 Å². The van der Waals surface area contributed by atoms with Crippen molar-refractivity contribution in [1.29, 1.82) is 0 Å². The van der Waals surface area contributed by atoms with Gasteiger partial charge >= 0.3 is 0 Å². The van der Waals surface area contributed by atoms with Gasteiger partial charge in [0.1, 0.15) is 5.75 Å². The van der Waals surface area contributed by atoms with Crippen molar-refractivity contribution in [3.63, 3.8) is 0 Å². The molecule has 2 atom stereocenters. The zero-order chi connectivity index (χ0) is 13.9. The number of phenols is 1. The van der Waals surface area contributed by atoms with Crippen LogP contribution in [-0.2, 0) is 11.2 Å². The first-order chi connectivity index (χ1) is 9.74. The van der Waals surface area contributed by atoms with Crippen LogP contribution in [0, 0.1) is 0 Å². The maximum Gasteiger partial charge on any atom is 0.227 e. The van der Waals surface area contributed by atoms with E-state index in [2.05, 4.69) is 5.32 Å². The molecule has 4 nitrogen and oxygen atoms in total. The lowest BCUT2D eigenvalue weighted by Crippen LogP contribution is -2.47. The van der Waals surface area contributed by atoms with Gasteiger partial charge in [0.25, 0.3) is 0 Å². The Kier molecular flexibility index (Phi) is 3.92. The first-order valence-corrected chi connectivity index (χ1v) is 7.55. The molecule has 2 unspecified atom stereocenters. The summed E-state index contributed by atoms with van der Waals surface area (Å²) in [5, 5.41) is 13.0. The summed E-state index contributed by atoms with van der Waals surface area (Å²) < 4.78 is 0. The van der Waals surface area contributed by atoms with Gasteiger partial charge in [0, 0.05) is 18.6 Å². The first kappa shape index (κ1) is 13.4. The number of phenolic OH excluding ortho intramolecular Hbond substituents is 1. The van der Waals surface area contributed by atoms with Crippen molar-refractivity contribution in [2.45, 2.75) is 44.2 Å². The smallest absolute Gasteiger partial charge is 0.227 e. The number of hydrogen-bond donors (Lipinski definition) is 2. The largest absolute Gasteiger partial charge is 0.508 e. The Labute approximate surface area is 119 Å². The number of amides is 1. The van der Waals surface area contributed by atoms with Crippen LogP contribution >= 0.6 is 0 Å². The van der Waals surface area contributed by atoms with Crippen LogP contribution in [0.3, 0.4) is 0 Å². The Morgan fingerprint density at radius 3 is 3.00 bits per heavy atom. The van der Waals surface area contributed by atoms with Gasteiger partial charge in [0.15, 0.2) is 0 Å². The maximum absolute atomic E-state index is 12.5. The van der Waals surface area contributed by atoms with Gasteiger partial charge in [-0.2, -0.15) is 0 Å². The van der Waals surface area contributed by atoms with E-state index in [-0.39, 0.29) is 11.7 Å². The lowest BCUT2D eigenvalue weighted by atomic mass is 10.0. The number of likely N-dealkylation sites (tertiary alicyclic amines) is 1. The van der Waals surface area contributed by atoms with E-state index in [1.54, 1.807) is 18.2 Å². The summed E-state index contributed by atoms with van der Waals surface area (Å²) in [6, 6.07) is 7.84. The van der Waals surface area contributed by atoms with Crippen LogP contribution in [0.1, 0.15) is 31.2 Å². The molecule has 2 aliphatic rings. The molecule has 4 heteroatoms. The SMILES string of the molecule is O=C(Cc1cccc(O)c1)N1CCCC1C1CCCN1. The Hall–Kier alpha value is -1.55. The molecule has 2 saturated heterocycles. The Morgan fingerprint density at radius 1 is 1.35 bits per heavy atom. The molecule has 1 aromatic carbocycles. The van der Waals surface area contributed by atoms with Crippen LogP contribution in [0.4, 0.5) is 0 Å². The molecule has 20 heavy (non-hydrogen) atoms. The van der Waals surface area contributed by atoms with Gasteiger partial charge in [-0.05, 0) is 49.9 Å². The second-order valence-corrected chi connectivity index (χ2v) is 5.85. The average Bonchev–Trinajstić information content (AvgIpc) is 3.09. The summed E-state index contributed by atoms with van der Waals surface area (Å²) in [6.07, 6.45) is 5.01. The highest BCUT2D eigenvalue weighted by molar-refractivity contribution is 5.79. The molecule has 2 N–H and O–H groups in total. The van der Waals surface area contributed by atoms with E-state index in [0.717, 1.165) is 31.5 Å². The fraction of sp³-hybridized carbons (Fsp3) is 0.562. The molecule has 1 amide bonds. The Morgan fingerprint density at radius 2 is 2.25 bits per heavy atom. The minimum absolute atomic E-state index is 0.187. The molecule has 0 spiro atoms. The third-order valence-electron chi connectivity index (χ3n) is 4.45. The van der Waals surface area contributed by atoms with Crippen molar-refractivity contribution in [2.75, 3.05) is 13.1 Å². The number of nitrogens with zero attached hydrogens (tertiary/aromatic N) is 1. The van der Waals surface area contributed by atoms with Gasteiger partial charge in [0.05, 0.1) is 6.42 Å². The van der Waals surface area contributed by atoms with E-state index in [9.17, 15) is 9.90 Å². The normalized spacial score (nSPS) is 26.1. The number of rotatable bonds is 3. The summed E-state index contributed by atoms with van der Waals surface area (Å²) in [5.41, 5.74) is 0.889. The molecule has 0 bridgehead atoms. The molecule has 1 aromatic rings. The van der Waals surface area contributed by atoms with E-state index in [1.807, 2.05) is 11.0 Å². The van der Waals surface area contributed by atoms with Gasteiger partial charge in [-0.3, -0.25) is 4.79 Å². The minimum atomic E-state index is 0.187. The number of nitrogens with one attached hydrogen (secondary N) is 1. The van der Waals surface area contributed by atoms with Crippen LogP contribution in [0.25, 0.3) is 0 Å². The Balaban J connectivity index is 1.66. The van der Waals surface area contributed by atoms with Crippen LogP contribution in [-0.4, -0.2) is 41.1 Å². The molecule has 0 radical (unpaired) electrons. The molecular formula is C16H22N2O2. The van der Waals surface area contributed by atoms with E-state index in [0.29, 0.717) is 18.5 Å². The standard InChI is InChI=1S/C16H22N2O2/c19-13-5-1-4-12(10-13)11-16(20)18-9-3-7-15(18)14-6-2-8-17-14/h1,4-5,10,14-15,17,19H,2-3,6-9,11H2. The second-order valence-electron chi connectivity index (χ2n) is 5.85. The summed E-state index contributed by atoms with van der Waals surface area (Å²) in [6.45, 7) is 1.95. The predicted octanol–water partition coefficient (Wildman–Crippen LogP) is 1.68. The lowest BCUT2D eigenvalue weighted by molar-refractivity contribution is -0.131. The lowest BCUT2D eigenvalue weighted by Gasteiger charge is -2.29. The van der Waals surface area contributed by atoms with Crippen LogP contribution in [0.5, 0.6) is 5.75 Å². The highest BCUT2D eigenvalue weighted by Gasteiger charge is 2.35. The fourth-order valence-corrected chi connectivity index (χ4v) is 3.50.